The maximum absolute atomic E-state index is 13.2. The van der Waals surface area contributed by atoms with Crippen LogP contribution in [0, 0.1) is 5.82 Å². The number of methoxy groups -OCH3 is 1. The summed E-state index contributed by atoms with van der Waals surface area (Å²) in [4.78, 5) is 6.78. The van der Waals surface area contributed by atoms with E-state index < -0.39 is 0 Å². The van der Waals surface area contributed by atoms with Gasteiger partial charge in [-0.2, -0.15) is 4.98 Å². The summed E-state index contributed by atoms with van der Waals surface area (Å²) in [5.74, 6) is 0.951. The van der Waals surface area contributed by atoms with Crippen molar-refractivity contribution in [2.75, 3.05) is 20.3 Å². The van der Waals surface area contributed by atoms with Gasteiger partial charge in [-0.15, -0.1) is 0 Å². The fourth-order valence-electron chi connectivity index (χ4n) is 3.08. The first-order valence-corrected chi connectivity index (χ1v) is 8.03. The van der Waals surface area contributed by atoms with E-state index in [1.54, 1.807) is 13.2 Å². The van der Waals surface area contributed by atoms with E-state index in [4.69, 9.17) is 9.26 Å². The largest absolute Gasteiger partial charge is 0.383 e. The zero-order valence-electron chi connectivity index (χ0n) is 13.4. The zero-order valence-corrected chi connectivity index (χ0v) is 13.4. The third kappa shape index (κ3) is 4.36. The van der Waals surface area contributed by atoms with E-state index in [0.717, 1.165) is 25.1 Å². The van der Waals surface area contributed by atoms with Gasteiger partial charge in [-0.25, -0.2) is 4.39 Å². The van der Waals surface area contributed by atoms with Crippen LogP contribution in [0.15, 0.2) is 28.8 Å². The second-order valence-electron chi connectivity index (χ2n) is 5.99. The van der Waals surface area contributed by atoms with E-state index in [-0.39, 0.29) is 5.82 Å². The molecule has 0 N–H and O–H groups in total. The first-order chi connectivity index (χ1) is 11.2. The Morgan fingerprint density at radius 1 is 1.39 bits per heavy atom. The average Bonchev–Trinajstić information content (AvgIpc) is 2.97. The number of ether oxygens (including phenoxy) is 1. The van der Waals surface area contributed by atoms with Crippen LogP contribution in [0.3, 0.4) is 0 Å². The highest BCUT2D eigenvalue weighted by molar-refractivity contribution is 5.19. The zero-order chi connectivity index (χ0) is 16.1. The molecule has 0 spiro atoms. The molecule has 1 atom stereocenters. The summed E-state index contributed by atoms with van der Waals surface area (Å²) in [5, 5.41) is 4.01. The highest BCUT2D eigenvalue weighted by atomic mass is 19.1. The second-order valence-corrected chi connectivity index (χ2v) is 5.99. The molecule has 3 rings (SSSR count). The Morgan fingerprint density at radius 2 is 2.30 bits per heavy atom. The van der Waals surface area contributed by atoms with Crippen LogP contribution >= 0.6 is 0 Å². The highest BCUT2D eigenvalue weighted by Gasteiger charge is 2.24. The molecule has 1 aliphatic rings. The topological polar surface area (TPSA) is 51.4 Å². The molecule has 2 aromatic rings. The molecule has 6 heteroatoms. The number of hydrogen-bond donors (Lipinski definition) is 0. The number of nitrogens with zero attached hydrogens (tertiary/aromatic N) is 3. The third-order valence-corrected chi connectivity index (χ3v) is 4.21. The Kier molecular flexibility index (Phi) is 5.35. The van der Waals surface area contributed by atoms with Gasteiger partial charge in [0.2, 0.25) is 5.89 Å². The van der Waals surface area contributed by atoms with E-state index in [9.17, 15) is 4.39 Å². The van der Waals surface area contributed by atoms with Crippen molar-refractivity contribution in [3.05, 3.63) is 47.4 Å². The summed E-state index contributed by atoms with van der Waals surface area (Å²) in [7, 11) is 1.73. The quantitative estimate of drug-likeness (QED) is 0.819. The van der Waals surface area contributed by atoms with Gasteiger partial charge >= 0.3 is 0 Å². The fraction of sp³-hybridized carbons (Fsp3) is 0.529. The Labute approximate surface area is 135 Å². The lowest BCUT2D eigenvalue weighted by atomic mass is 10.0. The van der Waals surface area contributed by atoms with Crippen LogP contribution in [0.25, 0.3) is 0 Å². The molecule has 23 heavy (non-hydrogen) atoms. The van der Waals surface area contributed by atoms with E-state index >= 15 is 0 Å². The summed E-state index contributed by atoms with van der Waals surface area (Å²) in [6, 6.07) is 6.88. The van der Waals surface area contributed by atoms with Gasteiger partial charge in [0.15, 0.2) is 5.82 Å². The summed E-state index contributed by atoms with van der Waals surface area (Å²) in [6.07, 6.45) is 4.03. The highest BCUT2D eigenvalue weighted by Crippen LogP contribution is 2.19. The molecule has 1 fully saturated rings. The number of halogens is 1. The van der Waals surface area contributed by atoms with Gasteiger partial charge in [-0.1, -0.05) is 23.7 Å². The maximum atomic E-state index is 13.2. The molecule has 0 aliphatic carbocycles. The minimum atomic E-state index is -0.248. The Bertz CT molecular complexity index is 630. The van der Waals surface area contributed by atoms with Gasteiger partial charge < -0.3 is 9.26 Å². The third-order valence-electron chi connectivity index (χ3n) is 4.21. The van der Waals surface area contributed by atoms with Crippen LogP contribution in [0.1, 0.15) is 36.5 Å². The lowest BCUT2D eigenvalue weighted by molar-refractivity contribution is 0.0532. The predicted octanol–water partition coefficient (Wildman–Crippen LogP) is 2.80. The van der Waals surface area contributed by atoms with Crippen LogP contribution in [0.4, 0.5) is 4.39 Å². The van der Waals surface area contributed by atoms with Crippen molar-refractivity contribution in [1.82, 2.24) is 15.0 Å². The van der Waals surface area contributed by atoms with E-state index in [1.807, 2.05) is 6.07 Å². The Hall–Kier alpha value is -1.79. The standard InChI is InChI=1S/C17H22FN3O2/c1-22-12-15-7-2-3-8-21(15)11-17-19-16(20-23-17)10-13-5-4-6-14(18)9-13/h4-6,9,15H,2-3,7-8,10-12H2,1H3. The summed E-state index contributed by atoms with van der Waals surface area (Å²) in [6.45, 7) is 2.39. The maximum Gasteiger partial charge on any atom is 0.240 e. The van der Waals surface area contributed by atoms with Crippen molar-refractivity contribution in [2.45, 2.75) is 38.3 Å². The Morgan fingerprint density at radius 3 is 3.13 bits per heavy atom. The van der Waals surface area contributed by atoms with Gasteiger partial charge in [-0.05, 0) is 37.1 Å². The molecular weight excluding hydrogens is 297 g/mol. The van der Waals surface area contributed by atoms with Gasteiger partial charge in [0, 0.05) is 19.6 Å². The number of benzene rings is 1. The molecular formula is C17H22FN3O2. The van der Waals surface area contributed by atoms with E-state index in [2.05, 4.69) is 15.0 Å². The molecule has 0 saturated carbocycles. The van der Waals surface area contributed by atoms with Crippen molar-refractivity contribution in [3.63, 3.8) is 0 Å². The lowest BCUT2D eigenvalue weighted by Gasteiger charge is -2.34. The van der Waals surface area contributed by atoms with Crippen LogP contribution in [-0.2, 0) is 17.7 Å². The summed E-state index contributed by atoms with van der Waals surface area (Å²) in [5.41, 5.74) is 0.840. The number of piperidine rings is 1. The lowest BCUT2D eigenvalue weighted by Crippen LogP contribution is -2.41. The van der Waals surface area contributed by atoms with Crippen LogP contribution in [0.2, 0.25) is 0 Å². The second kappa shape index (κ2) is 7.66. The van der Waals surface area contributed by atoms with Crippen molar-refractivity contribution < 1.29 is 13.7 Å². The monoisotopic (exact) mass is 319 g/mol. The number of hydrogen-bond acceptors (Lipinski definition) is 5. The summed E-state index contributed by atoms with van der Waals surface area (Å²) < 4.78 is 23.9. The molecule has 0 radical (unpaired) electrons. The minimum Gasteiger partial charge on any atom is -0.383 e. The summed E-state index contributed by atoms with van der Waals surface area (Å²) >= 11 is 0. The van der Waals surface area contributed by atoms with E-state index in [0.29, 0.717) is 30.7 Å². The minimum absolute atomic E-state index is 0.248. The molecule has 124 valence electrons. The molecule has 2 heterocycles. The smallest absolute Gasteiger partial charge is 0.240 e. The Balaban J connectivity index is 1.62. The molecule has 5 nitrogen and oxygen atoms in total. The molecule has 1 aromatic carbocycles. The molecule has 1 aromatic heterocycles. The molecule has 1 unspecified atom stereocenters. The molecule has 0 amide bonds. The van der Waals surface area contributed by atoms with Gasteiger partial charge in [0.05, 0.1) is 13.2 Å². The van der Waals surface area contributed by atoms with Gasteiger partial charge in [0.1, 0.15) is 5.82 Å². The first-order valence-electron chi connectivity index (χ1n) is 8.03. The predicted molar refractivity (Wildman–Crippen MR) is 83.4 cm³/mol. The SMILES string of the molecule is COCC1CCCCN1Cc1nc(Cc2cccc(F)c2)no1. The van der Waals surface area contributed by atoms with Crippen LogP contribution in [0.5, 0.6) is 0 Å². The fourth-order valence-corrected chi connectivity index (χ4v) is 3.08. The van der Waals surface area contributed by atoms with E-state index in [1.165, 1.54) is 25.0 Å². The molecule has 0 bridgehead atoms. The average molecular weight is 319 g/mol. The normalized spacial score (nSPS) is 19.1. The van der Waals surface area contributed by atoms with Crippen molar-refractivity contribution in [1.29, 1.82) is 0 Å². The van der Waals surface area contributed by atoms with Crippen molar-refractivity contribution in [3.8, 4) is 0 Å². The molecule has 1 saturated heterocycles. The first kappa shape index (κ1) is 16.1. The van der Waals surface area contributed by atoms with Crippen molar-refractivity contribution >= 4 is 0 Å². The molecule has 1 aliphatic heterocycles. The number of rotatable bonds is 6. The van der Waals surface area contributed by atoms with Gasteiger partial charge in [-0.3, -0.25) is 4.90 Å². The van der Waals surface area contributed by atoms with Crippen LogP contribution < -0.4 is 0 Å². The number of likely N-dealkylation sites (tertiary alicyclic amines) is 1. The number of aromatic nitrogens is 2. The van der Waals surface area contributed by atoms with Gasteiger partial charge in [0.25, 0.3) is 0 Å². The van der Waals surface area contributed by atoms with Crippen LogP contribution in [-0.4, -0.2) is 41.3 Å². The van der Waals surface area contributed by atoms with Crippen molar-refractivity contribution in [2.24, 2.45) is 0 Å².